The van der Waals surface area contributed by atoms with Crippen molar-refractivity contribution in [1.82, 2.24) is 4.90 Å². The molecule has 0 spiro atoms. The van der Waals surface area contributed by atoms with Gasteiger partial charge in [0.05, 0.1) is 0 Å². The predicted octanol–water partition coefficient (Wildman–Crippen LogP) is 0.913. The number of anilines is 2. The summed E-state index contributed by atoms with van der Waals surface area (Å²) in [7, 11) is 4.01. The van der Waals surface area contributed by atoms with Gasteiger partial charge < -0.3 is 16.4 Å². The zero-order valence-electron chi connectivity index (χ0n) is 7.54. The fourth-order valence-electron chi connectivity index (χ4n) is 1.10. The molecule has 3 nitrogen and oxygen atoms in total. The van der Waals surface area contributed by atoms with Gasteiger partial charge in [-0.05, 0) is 37.9 Å². The van der Waals surface area contributed by atoms with Crippen molar-refractivity contribution in [2.24, 2.45) is 0 Å². The second-order valence-electron chi connectivity index (χ2n) is 3.20. The Labute approximate surface area is 73.0 Å². The van der Waals surface area contributed by atoms with E-state index in [4.69, 9.17) is 11.5 Å². The molecule has 66 valence electrons. The second-order valence-corrected chi connectivity index (χ2v) is 3.20. The molecular weight excluding hydrogens is 150 g/mol. The average Bonchev–Trinajstić information content (AvgIpc) is 1.96. The van der Waals surface area contributed by atoms with Crippen LogP contribution in [0.15, 0.2) is 18.2 Å². The molecule has 0 bridgehead atoms. The highest BCUT2D eigenvalue weighted by molar-refractivity contribution is 5.55. The normalized spacial score (nSPS) is 10.6. The molecule has 0 unspecified atom stereocenters. The number of benzene rings is 1. The first-order chi connectivity index (χ1) is 5.59. The summed E-state index contributed by atoms with van der Waals surface area (Å²) < 4.78 is 0. The Morgan fingerprint density at radius 3 is 2.50 bits per heavy atom. The Balaban J connectivity index is 2.90. The van der Waals surface area contributed by atoms with E-state index >= 15 is 0 Å². The topological polar surface area (TPSA) is 55.3 Å². The number of hydrogen-bond donors (Lipinski definition) is 2. The van der Waals surface area contributed by atoms with E-state index in [1.165, 1.54) is 0 Å². The van der Waals surface area contributed by atoms with Crippen LogP contribution in [0.2, 0.25) is 0 Å². The van der Waals surface area contributed by atoms with E-state index in [0.717, 1.165) is 23.5 Å². The first-order valence-corrected chi connectivity index (χ1v) is 3.88. The van der Waals surface area contributed by atoms with Crippen LogP contribution in [0.3, 0.4) is 0 Å². The van der Waals surface area contributed by atoms with Gasteiger partial charge in [-0.25, -0.2) is 0 Å². The second kappa shape index (κ2) is 3.45. The zero-order valence-corrected chi connectivity index (χ0v) is 7.54. The van der Waals surface area contributed by atoms with Gasteiger partial charge in [0.25, 0.3) is 0 Å². The van der Waals surface area contributed by atoms with Gasteiger partial charge in [0.15, 0.2) is 0 Å². The molecule has 0 aliphatic carbocycles. The van der Waals surface area contributed by atoms with Crippen LogP contribution in [-0.4, -0.2) is 19.0 Å². The van der Waals surface area contributed by atoms with Crippen molar-refractivity contribution in [3.8, 4) is 0 Å². The smallest absolute Gasteiger partial charge is 0.0361 e. The van der Waals surface area contributed by atoms with E-state index in [0.29, 0.717) is 0 Å². The lowest BCUT2D eigenvalue weighted by atomic mass is 10.1. The Morgan fingerprint density at radius 2 is 1.92 bits per heavy atom. The third-order valence-corrected chi connectivity index (χ3v) is 1.65. The van der Waals surface area contributed by atoms with Crippen molar-refractivity contribution in [2.45, 2.75) is 6.54 Å². The molecule has 1 aromatic rings. The quantitative estimate of drug-likeness (QED) is 0.640. The summed E-state index contributed by atoms with van der Waals surface area (Å²) >= 11 is 0. The molecule has 1 rings (SSSR count). The van der Waals surface area contributed by atoms with E-state index in [1.807, 2.05) is 32.3 Å². The largest absolute Gasteiger partial charge is 0.399 e. The van der Waals surface area contributed by atoms with E-state index in [-0.39, 0.29) is 0 Å². The van der Waals surface area contributed by atoms with Gasteiger partial charge in [0.2, 0.25) is 0 Å². The van der Waals surface area contributed by atoms with Gasteiger partial charge >= 0.3 is 0 Å². The van der Waals surface area contributed by atoms with E-state index < -0.39 is 0 Å². The molecule has 0 atom stereocenters. The molecule has 0 radical (unpaired) electrons. The van der Waals surface area contributed by atoms with Crippen molar-refractivity contribution >= 4 is 11.4 Å². The Kier molecular flexibility index (Phi) is 2.55. The van der Waals surface area contributed by atoms with Crippen molar-refractivity contribution in [3.05, 3.63) is 23.8 Å². The lowest BCUT2D eigenvalue weighted by molar-refractivity contribution is 0.403. The van der Waals surface area contributed by atoms with Gasteiger partial charge in [-0.1, -0.05) is 0 Å². The maximum Gasteiger partial charge on any atom is 0.0361 e. The maximum absolute atomic E-state index is 5.76. The van der Waals surface area contributed by atoms with Gasteiger partial charge in [0.1, 0.15) is 0 Å². The summed E-state index contributed by atoms with van der Waals surface area (Å²) in [6.07, 6.45) is 0. The summed E-state index contributed by atoms with van der Waals surface area (Å²) in [4.78, 5) is 2.06. The summed E-state index contributed by atoms with van der Waals surface area (Å²) in [6.45, 7) is 0.830. The average molecular weight is 165 g/mol. The molecule has 3 heteroatoms. The lowest BCUT2D eigenvalue weighted by Crippen LogP contribution is -2.12. The molecule has 12 heavy (non-hydrogen) atoms. The standard InChI is InChI=1S/C9H15N3/c1-12(2)6-7-5-8(10)3-4-9(7)11/h3-5H,6,10-11H2,1-2H3. The van der Waals surface area contributed by atoms with Gasteiger partial charge in [-0.3, -0.25) is 0 Å². The van der Waals surface area contributed by atoms with Crippen molar-refractivity contribution in [3.63, 3.8) is 0 Å². The van der Waals surface area contributed by atoms with Crippen LogP contribution in [-0.2, 0) is 6.54 Å². The summed E-state index contributed by atoms with van der Waals surface area (Å²) in [6, 6.07) is 5.57. The molecule has 4 N–H and O–H groups in total. The SMILES string of the molecule is CN(C)Cc1cc(N)ccc1N. The molecule has 0 saturated carbocycles. The fourth-order valence-corrected chi connectivity index (χ4v) is 1.10. The molecule has 1 aromatic carbocycles. The van der Waals surface area contributed by atoms with Crippen LogP contribution in [0, 0.1) is 0 Å². The maximum atomic E-state index is 5.76. The highest BCUT2D eigenvalue weighted by Crippen LogP contribution is 2.16. The Bertz CT molecular complexity index is 268. The summed E-state index contributed by atoms with van der Waals surface area (Å²) in [5.41, 5.74) is 14.0. The van der Waals surface area contributed by atoms with Crippen LogP contribution < -0.4 is 11.5 Å². The predicted molar refractivity (Wildman–Crippen MR) is 52.7 cm³/mol. The fraction of sp³-hybridized carbons (Fsp3) is 0.333. The third-order valence-electron chi connectivity index (χ3n) is 1.65. The Morgan fingerprint density at radius 1 is 1.25 bits per heavy atom. The minimum Gasteiger partial charge on any atom is -0.399 e. The van der Waals surface area contributed by atoms with Crippen LogP contribution in [0.4, 0.5) is 11.4 Å². The molecule has 0 aliphatic heterocycles. The Hall–Kier alpha value is -1.22. The minimum atomic E-state index is 0.765. The summed E-state index contributed by atoms with van der Waals surface area (Å²) in [5.74, 6) is 0. The van der Waals surface area contributed by atoms with Crippen molar-refractivity contribution < 1.29 is 0 Å². The van der Waals surface area contributed by atoms with Crippen LogP contribution >= 0.6 is 0 Å². The molecular formula is C9H15N3. The molecule has 0 aromatic heterocycles. The minimum absolute atomic E-state index is 0.765. The van der Waals surface area contributed by atoms with E-state index in [2.05, 4.69) is 4.90 Å². The first kappa shape index (κ1) is 8.87. The third kappa shape index (κ3) is 2.13. The molecule has 0 aliphatic rings. The van der Waals surface area contributed by atoms with E-state index in [9.17, 15) is 0 Å². The number of nitrogen functional groups attached to an aromatic ring is 2. The molecule has 0 amide bonds. The van der Waals surface area contributed by atoms with Gasteiger partial charge in [-0.2, -0.15) is 0 Å². The van der Waals surface area contributed by atoms with Crippen LogP contribution in [0.5, 0.6) is 0 Å². The number of nitrogens with zero attached hydrogens (tertiary/aromatic N) is 1. The zero-order chi connectivity index (χ0) is 9.14. The van der Waals surface area contributed by atoms with Crippen molar-refractivity contribution in [1.29, 1.82) is 0 Å². The highest BCUT2D eigenvalue weighted by atomic mass is 15.0. The molecule has 0 fully saturated rings. The lowest BCUT2D eigenvalue weighted by Gasteiger charge is -2.12. The van der Waals surface area contributed by atoms with Crippen molar-refractivity contribution in [2.75, 3.05) is 25.6 Å². The molecule has 0 saturated heterocycles. The van der Waals surface area contributed by atoms with E-state index in [1.54, 1.807) is 0 Å². The number of nitrogens with two attached hydrogens (primary N) is 2. The van der Waals surface area contributed by atoms with Crippen LogP contribution in [0.25, 0.3) is 0 Å². The number of rotatable bonds is 2. The first-order valence-electron chi connectivity index (χ1n) is 3.88. The summed E-state index contributed by atoms with van der Waals surface area (Å²) in [5, 5.41) is 0. The monoisotopic (exact) mass is 165 g/mol. The van der Waals surface area contributed by atoms with Gasteiger partial charge in [-0.15, -0.1) is 0 Å². The molecule has 0 heterocycles. The van der Waals surface area contributed by atoms with Crippen LogP contribution in [0.1, 0.15) is 5.56 Å². The number of hydrogen-bond acceptors (Lipinski definition) is 3. The highest BCUT2D eigenvalue weighted by Gasteiger charge is 2.00. The van der Waals surface area contributed by atoms with Gasteiger partial charge in [0, 0.05) is 17.9 Å².